The molecule has 0 aromatic carbocycles. The van der Waals surface area contributed by atoms with Gasteiger partial charge in [0.15, 0.2) is 0 Å². The lowest BCUT2D eigenvalue weighted by Crippen LogP contribution is -2.44. The van der Waals surface area contributed by atoms with E-state index in [1.165, 1.54) is 0 Å². The van der Waals surface area contributed by atoms with E-state index >= 15 is 0 Å². The summed E-state index contributed by atoms with van der Waals surface area (Å²) in [5.74, 6) is 1.82. The maximum absolute atomic E-state index is 6.27. The molecule has 1 aliphatic heterocycles. The van der Waals surface area contributed by atoms with Crippen LogP contribution in [0.4, 0.5) is 5.82 Å². The van der Waals surface area contributed by atoms with Gasteiger partial charge in [-0.15, -0.1) is 11.6 Å². The van der Waals surface area contributed by atoms with Crippen molar-refractivity contribution < 1.29 is 0 Å². The van der Waals surface area contributed by atoms with Crippen LogP contribution in [-0.4, -0.2) is 27.9 Å². The molecule has 2 rings (SSSR count). The fourth-order valence-corrected chi connectivity index (χ4v) is 2.31. The number of piperidine rings is 1. The molecule has 0 spiro atoms. The van der Waals surface area contributed by atoms with Gasteiger partial charge in [-0.3, -0.25) is 0 Å². The first-order chi connectivity index (χ1) is 7.18. The number of hydrogen-bond acceptors (Lipinski definition) is 3. The molecule has 2 atom stereocenters. The average molecular weight is 226 g/mol. The van der Waals surface area contributed by atoms with Crippen molar-refractivity contribution >= 4 is 17.4 Å². The Morgan fingerprint density at radius 3 is 3.07 bits per heavy atom. The Morgan fingerprint density at radius 1 is 1.53 bits per heavy atom. The van der Waals surface area contributed by atoms with Crippen molar-refractivity contribution in [2.75, 3.05) is 11.4 Å². The fraction of sp³-hybridized carbons (Fsp3) is 0.636. The highest BCUT2D eigenvalue weighted by molar-refractivity contribution is 6.21. The summed E-state index contributed by atoms with van der Waals surface area (Å²) in [6.45, 7) is 5.12. The van der Waals surface area contributed by atoms with Crippen molar-refractivity contribution in [1.29, 1.82) is 0 Å². The van der Waals surface area contributed by atoms with Crippen molar-refractivity contribution in [3.63, 3.8) is 0 Å². The van der Waals surface area contributed by atoms with E-state index in [2.05, 4.69) is 21.8 Å². The first-order valence-electron chi connectivity index (χ1n) is 5.39. The summed E-state index contributed by atoms with van der Waals surface area (Å²) in [5.41, 5.74) is 0. The van der Waals surface area contributed by atoms with Crippen molar-refractivity contribution in [3.05, 3.63) is 18.1 Å². The topological polar surface area (TPSA) is 29.0 Å². The second-order valence-corrected chi connectivity index (χ2v) is 4.61. The lowest BCUT2D eigenvalue weighted by molar-refractivity contribution is 0.487. The van der Waals surface area contributed by atoms with Gasteiger partial charge in [0, 0.05) is 18.8 Å². The van der Waals surface area contributed by atoms with Gasteiger partial charge in [0.2, 0.25) is 0 Å². The molecule has 3 nitrogen and oxygen atoms in total. The molecule has 1 aliphatic rings. The number of halogens is 1. The molecule has 1 saturated heterocycles. The summed E-state index contributed by atoms with van der Waals surface area (Å²) >= 11 is 6.27. The van der Waals surface area contributed by atoms with Gasteiger partial charge in [0.1, 0.15) is 11.6 Å². The van der Waals surface area contributed by atoms with E-state index in [1.807, 2.05) is 19.2 Å². The second kappa shape index (κ2) is 4.35. The third-order valence-electron chi connectivity index (χ3n) is 2.95. The molecule has 1 aromatic rings. The highest BCUT2D eigenvalue weighted by Gasteiger charge is 2.27. The van der Waals surface area contributed by atoms with Crippen LogP contribution in [0.3, 0.4) is 0 Å². The molecule has 4 heteroatoms. The van der Waals surface area contributed by atoms with Gasteiger partial charge >= 0.3 is 0 Å². The van der Waals surface area contributed by atoms with Crippen LogP contribution in [0.15, 0.2) is 12.3 Å². The summed E-state index contributed by atoms with van der Waals surface area (Å²) in [5, 5.41) is 0.231. The van der Waals surface area contributed by atoms with Gasteiger partial charge in [-0.05, 0) is 32.8 Å². The van der Waals surface area contributed by atoms with Crippen LogP contribution in [0.5, 0.6) is 0 Å². The Kier molecular flexibility index (Phi) is 3.10. The van der Waals surface area contributed by atoms with E-state index < -0.39 is 0 Å². The zero-order valence-corrected chi connectivity index (χ0v) is 9.91. The first kappa shape index (κ1) is 10.7. The number of rotatable bonds is 1. The van der Waals surface area contributed by atoms with Gasteiger partial charge in [-0.25, -0.2) is 9.97 Å². The summed E-state index contributed by atoms with van der Waals surface area (Å²) in [6.07, 6.45) is 4.05. The van der Waals surface area contributed by atoms with Gasteiger partial charge in [-0.2, -0.15) is 0 Å². The van der Waals surface area contributed by atoms with E-state index in [0.717, 1.165) is 31.0 Å². The standard InChI is InChI=1S/C11H16ClN3/c1-8-10(12)4-3-7-15(8)11-5-6-13-9(2)14-11/h5-6,8,10H,3-4,7H2,1-2H3. The monoisotopic (exact) mass is 225 g/mol. The molecule has 1 aromatic heterocycles. The van der Waals surface area contributed by atoms with Crippen molar-refractivity contribution in [2.45, 2.75) is 38.1 Å². The molecule has 0 saturated carbocycles. The van der Waals surface area contributed by atoms with Crippen LogP contribution in [0.2, 0.25) is 0 Å². The van der Waals surface area contributed by atoms with Gasteiger partial charge < -0.3 is 4.90 Å². The molecule has 1 fully saturated rings. The van der Waals surface area contributed by atoms with Crippen LogP contribution >= 0.6 is 11.6 Å². The number of aryl methyl sites for hydroxylation is 1. The number of alkyl halides is 1. The molecule has 2 heterocycles. The summed E-state index contributed by atoms with van der Waals surface area (Å²) in [6, 6.07) is 2.31. The maximum Gasteiger partial charge on any atom is 0.132 e. The molecule has 15 heavy (non-hydrogen) atoms. The van der Waals surface area contributed by atoms with Gasteiger partial charge in [-0.1, -0.05) is 0 Å². The van der Waals surface area contributed by atoms with Crippen molar-refractivity contribution in [2.24, 2.45) is 0 Å². The number of anilines is 1. The van der Waals surface area contributed by atoms with Crippen molar-refractivity contribution in [3.8, 4) is 0 Å². The van der Waals surface area contributed by atoms with Gasteiger partial charge in [0.25, 0.3) is 0 Å². The molecule has 82 valence electrons. The van der Waals surface area contributed by atoms with E-state index in [0.29, 0.717) is 6.04 Å². The minimum atomic E-state index is 0.231. The predicted octanol–water partition coefficient (Wildman–Crippen LogP) is 2.38. The highest BCUT2D eigenvalue weighted by Crippen LogP contribution is 2.26. The zero-order valence-electron chi connectivity index (χ0n) is 9.15. The molecule has 2 unspecified atom stereocenters. The molecule has 0 N–H and O–H groups in total. The minimum Gasteiger partial charge on any atom is -0.352 e. The normalized spacial score (nSPS) is 26.7. The third-order valence-corrected chi connectivity index (χ3v) is 3.53. The Labute approximate surface area is 95.5 Å². The largest absolute Gasteiger partial charge is 0.352 e. The Balaban J connectivity index is 2.22. The van der Waals surface area contributed by atoms with E-state index in [9.17, 15) is 0 Å². The fourth-order valence-electron chi connectivity index (χ4n) is 2.02. The Bertz CT molecular complexity index is 342. The molecule has 0 bridgehead atoms. The Morgan fingerprint density at radius 2 is 2.33 bits per heavy atom. The van der Waals surface area contributed by atoms with Crippen LogP contribution < -0.4 is 4.90 Å². The second-order valence-electron chi connectivity index (χ2n) is 4.05. The molecular weight excluding hydrogens is 210 g/mol. The molecule has 0 amide bonds. The SMILES string of the molecule is Cc1nccc(N2CCCC(Cl)C2C)n1. The van der Waals surface area contributed by atoms with E-state index in [4.69, 9.17) is 11.6 Å². The number of nitrogens with zero attached hydrogens (tertiary/aromatic N) is 3. The summed E-state index contributed by atoms with van der Waals surface area (Å²) < 4.78 is 0. The zero-order chi connectivity index (χ0) is 10.8. The quantitative estimate of drug-likeness (QED) is 0.688. The predicted molar refractivity (Wildman–Crippen MR) is 62.5 cm³/mol. The summed E-state index contributed by atoms with van der Waals surface area (Å²) in [4.78, 5) is 10.8. The third kappa shape index (κ3) is 2.23. The molecule has 0 aliphatic carbocycles. The maximum atomic E-state index is 6.27. The van der Waals surface area contributed by atoms with E-state index in [1.54, 1.807) is 0 Å². The number of hydrogen-bond donors (Lipinski definition) is 0. The minimum absolute atomic E-state index is 0.231. The summed E-state index contributed by atoms with van der Waals surface area (Å²) in [7, 11) is 0. The molecular formula is C11H16ClN3. The van der Waals surface area contributed by atoms with Crippen LogP contribution in [0.25, 0.3) is 0 Å². The lowest BCUT2D eigenvalue weighted by atomic mass is 10.0. The average Bonchev–Trinajstić information content (AvgIpc) is 2.22. The van der Waals surface area contributed by atoms with Gasteiger partial charge in [0.05, 0.1) is 5.38 Å². The number of aromatic nitrogens is 2. The van der Waals surface area contributed by atoms with Crippen LogP contribution in [0.1, 0.15) is 25.6 Å². The van der Waals surface area contributed by atoms with Crippen molar-refractivity contribution in [1.82, 2.24) is 9.97 Å². The first-order valence-corrected chi connectivity index (χ1v) is 5.82. The van der Waals surface area contributed by atoms with Crippen LogP contribution in [0, 0.1) is 6.92 Å². The van der Waals surface area contributed by atoms with Crippen LogP contribution in [-0.2, 0) is 0 Å². The lowest BCUT2D eigenvalue weighted by Gasteiger charge is -2.37. The van der Waals surface area contributed by atoms with E-state index in [-0.39, 0.29) is 5.38 Å². The smallest absolute Gasteiger partial charge is 0.132 e. The highest BCUT2D eigenvalue weighted by atomic mass is 35.5. The molecule has 0 radical (unpaired) electrons. The Hall–Kier alpha value is -0.830.